The Morgan fingerprint density at radius 1 is 1.30 bits per heavy atom. The summed E-state index contributed by atoms with van der Waals surface area (Å²) in [5.74, 6) is 0.749. The monoisotopic (exact) mass is 409 g/mol. The second-order valence-corrected chi connectivity index (χ2v) is 6.29. The summed E-state index contributed by atoms with van der Waals surface area (Å²) in [6.45, 7) is 5.10. The number of carbonyl (C=O) groups excluding carboxylic acids is 1. The molecule has 0 N–H and O–H groups in total. The lowest BCUT2D eigenvalue weighted by atomic mass is 10.1. The topological polar surface area (TPSA) is 102 Å². The molecule has 0 spiro atoms. The van der Waals surface area contributed by atoms with Gasteiger partial charge in [0.2, 0.25) is 0 Å². The van der Waals surface area contributed by atoms with Crippen molar-refractivity contribution in [1.82, 2.24) is 14.6 Å². The van der Waals surface area contributed by atoms with Gasteiger partial charge in [-0.2, -0.15) is 10.4 Å². The number of benzene rings is 1. The third kappa shape index (κ3) is 4.34. The van der Waals surface area contributed by atoms with E-state index in [1.54, 1.807) is 31.3 Å². The molecule has 0 atom stereocenters. The van der Waals surface area contributed by atoms with E-state index in [1.807, 2.05) is 17.9 Å². The Labute approximate surface area is 174 Å². The maximum atomic E-state index is 12.2. The number of methoxy groups -OCH3 is 1. The number of hydrogen-bond acceptors (Lipinski definition) is 8. The van der Waals surface area contributed by atoms with Crippen LogP contribution in [0.25, 0.3) is 5.65 Å². The summed E-state index contributed by atoms with van der Waals surface area (Å²) in [6, 6.07) is 9.34. The number of rotatable bonds is 9. The van der Waals surface area contributed by atoms with Crippen molar-refractivity contribution >= 4 is 17.4 Å². The minimum atomic E-state index is -0.467. The predicted octanol–water partition coefficient (Wildman–Crippen LogP) is 2.79. The first kappa shape index (κ1) is 21.1. The minimum absolute atomic E-state index is 0.0803. The van der Waals surface area contributed by atoms with Crippen LogP contribution in [-0.2, 0) is 16.0 Å². The first-order valence-corrected chi connectivity index (χ1v) is 9.53. The highest BCUT2D eigenvalue weighted by atomic mass is 16.7. The maximum Gasteiger partial charge on any atom is 0.343 e. The van der Waals surface area contributed by atoms with Crippen molar-refractivity contribution in [1.29, 1.82) is 5.26 Å². The average Bonchev–Trinajstić information content (AvgIpc) is 3.19. The van der Waals surface area contributed by atoms with E-state index in [1.165, 1.54) is 17.8 Å². The molecule has 0 aliphatic rings. The smallest absolute Gasteiger partial charge is 0.343 e. The van der Waals surface area contributed by atoms with Crippen LogP contribution in [0.3, 0.4) is 0 Å². The van der Waals surface area contributed by atoms with E-state index < -0.39 is 5.97 Å². The van der Waals surface area contributed by atoms with Gasteiger partial charge in [-0.05, 0) is 32.0 Å². The van der Waals surface area contributed by atoms with Gasteiger partial charge in [0.05, 0.1) is 24.4 Å². The number of ether oxygens (including phenoxy) is 3. The highest BCUT2D eigenvalue weighted by Gasteiger charge is 2.19. The fraction of sp³-hybridized carbons (Fsp3) is 0.333. The molecule has 156 valence electrons. The summed E-state index contributed by atoms with van der Waals surface area (Å²) >= 11 is 0. The van der Waals surface area contributed by atoms with Crippen LogP contribution >= 0.6 is 0 Å². The van der Waals surface area contributed by atoms with E-state index in [4.69, 9.17) is 14.2 Å². The van der Waals surface area contributed by atoms with E-state index in [0.29, 0.717) is 41.4 Å². The molecule has 1 aromatic carbocycles. The molecule has 0 radical (unpaired) electrons. The molecule has 0 saturated carbocycles. The predicted molar refractivity (Wildman–Crippen MR) is 109 cm³/mol. The summed E-state index contributed by atoms with van der Waals surface area (Å²) in [5.41, 5.74) is 1.96. The zero-order valence-electron chi connectivity index (χ0n) is 17.2. The molecule has 2 heterocycles. The Morgan fingerprint density at radius 3 is 2.83 bits per heavy atom. The van der Waals surface area contributed by atoms with Crippen molar-refractivity contribution in [2.45, 2.75) is 20.4 Å². The lowest BCUT2D eigenvalue weighted by Gasteiger charge is -2.24. The molecule has 9 nitrogen and oxygen atoms in total. The van der Waals surface area contributed by atoms with Crippen LogP contribution in [0.15, 0.2) is 36.7 Å². The number of hydrogen-bond donors (Lipinski definition) is 0. The lowest BCUT2D eigenvalue weighted by molar-refractivity contribution is 0.0503. The zero-order valence-corrected chi connectivity index (χ0v) is 17.2. The van der Waals surface area contributed by atoms with Gasteiger partial charge in [0.15, 0.2) is 12.4 Å². The third-order valence-electron chi connectivity index (χ3n) is 4.49. The molecule has 2 aromatic heterocycles. The maximum absolute atomic E-state index is 12.2. The van der Waals surface area contributed by atoms with Crippen molar-refractivity contribution in [2.75, 3.05) is 32.0 Å². The number of esters is 1. The Bertz CT molecular complexity index is 1070. The Morgan fingerprint density at radius 2 is 2.13 bits per heavy atom. The highest BCUT2D eigenvalue weighted by molar-refractivity contribution is 5.95. The molecule has 0 amide bonds. The van der Waals surface area contributed by atoms with Gasteiger partial charge in [0, 0.05) is 32.0 Å². The lowest BCUT2D eigenvalue weighted by Crippen LogP contribution is -2.24. The van der Waals surface area contributed by atoms with Crippen molar-refractivity contribution in [2.24, 2.45) is 0 Å². The second-order valence-electron chi connectivity index (χ2n) is 6.29. The summed E-state index contributed by atoms with van der Waals surface area (Å²) < 4.78 is 17.3. The number of fused-ring (bicyclic) bond motifs is 1. The number of nitrogens with zero attached hydrogens (tertiary/aromatic N) is 5. The number of aromatic nitrogens is 3. The normalized spacial score (nSPS) is 10.6. The molecule has 30 heavy (non-hydrogen) atoms. The van der Waals surface area contributed by atoms with Gasteiger partial charge < -0.3 is 19.1 Å². The van der Waals surface area contributed by atoms with Crippen LogP contribution in [0.2, 0.25) is 0 Å². The molecular weight excluding hydrogens is 386 g/mol. The van der Waals surface area contributed by atoms with E-state index in [-0.39, 0.29) is 13.4 Å². The second kappa shape index (κ2) is 9.71. The number of nitriles is 1. The van der Waals surface area contributed by atoms with E-state index >= 15 is 0 Å². The minimum Gasteiger partial charge on any atom is -0.467 e. The molecule has 9 heteroatoms. The molecular formula is C21H23N5O4. The van der Waals surface area contributed by atoms with Crippen LogP contribution in [0.4, 0.5) is 5.82 Å². The number of anilines is 1. The van der Waals surface area contributed by atoms with Gasteiger partial charge in [0.25, 0.3) is 0 Å². The van der Waals surface area contributed by atoms with Gasteiger partial charge in [-0.25, -0.2) is 14.3 Å². The molecule has 3 rings (SSSR count). The summed E-state index contributed by atoms with van der Waals surface area (Å²) in [7, 11) is 1.54. The summed E-state index contributed by atoms with van der Waals surface area (Å²) in [4.78, 5) is 18.8. The standard InChI is InChI=1S/C21H23N5O4/c1-4-25(13-17-15(11-22)7-6-8-18(17)30-14-28-3)19-9-10-26-20(24-19)16(12-23-26)21(27)29-5-2/h6-10,12H,4-5,13-14H2,1-3H3. The molecule has 3 aromatic rings. The van der Waals surface area contributed by atoms with Crippen LogP contribution in [-0.4, -0.2) is 47.6 Å². The van der Waals surface area contributed by atoms with E-state index in [0.717, 1.165) is 5.56 Å². The van der Waals surface area contributed by atoms with Crippen LogP contribution < -0.4 is 9.64 Å². The van der Waals surface area contributed by atoms with Crippen LogP contribution in [0.5, 0.6) is 5.75 Å². The zero-order chi connectivity index (χ0) is 21.5. The van der Waals surface area contributed by atoms with Crippen LogP contribution in [0, 0.1) is 11.3 Å². The Balaban J connectivity index is 1.97. The largest absolute Gasteiger partial charge is 0.467 e. The molecule has 0 aliphatic heterocycles. The van der Waals surface area contributed by atoms with Crippen LogP contribution in [0.1, 0.15) is 35.3 Å². The summed E-state index contributed by atoms with van der Waals surface area (Å²) in [5, 5.41) is 13.7. The average molecular weight is 409 g/mol. The van der Waals surface area contributed by atoms with Gasteiger partial charge in [-0.1, -0.05) is 6.07 Å². The van der Waals surface area contributed by atoms with Gasteiger partial charge >= 0.3 is 5.97 Å². The summed E-state index contributed by atoms with van der Waals surface area (Å²) in [6.07, 6.45) is 3.18. The number of carbonyl (C=O) groups is 1. The van der Waals surface area contributed by atoms with Crippen molar-refractivity contribution in [3.05, 3.63) is 53.3 Å². The molecule has 0 unspecified atom stereocenters. The van der Waals surface area contributed by atoms with E-state index in [9.17, 15) is 10.1 Å². The van der Waals surface area contributed by atoms with Gasteiger partial charge in [-0.3, -0.25) is 0 Å². The quantitative estimate of drug-likeness (QED) is 0.393. The first-order valence-electron chi connectivity index (χ1n) is 9.53. The SMILES string of the molecule is CCOC(=O)c1cnn2ccc(N(CC)Cc3c(C#N)cccc3OCOC)nc12. The van der Waals surface area contributed by atoms with E-state index in [2.05, 4.69) is 16.2 Å². The van der Waals surface area contributed by atoms with Gasteiger partial charge in [0.1, 0.15) is 17.1 Å². The Kier molecular flexibility index (Phi) is 6.83. The third-order valence-corrected chi connectivity index (χ3v) is 4.49. The molecule has 0 aliphatic carbocycles. The highest BCUT2D eigenvalue weighted by Crippen LogP contribution is 2.26. The molecule has 0 bridgehead atoms. The van der Waals surface area contributed by atoms with Crippen molar-refractivity contribution in [3.63, 3.8) is 0 Å². The molecule has 0 fully saturated rings. The van der Waals surface area contributed by atoms with Crippen molar-refractivity contribution in [3.8, 4) is 11.8 Å². The first-order chi connectivity index (χ1) is 14.6. The Hall–Kier alpha value is -3.64. The van der Waals surface area contributed by atoms with Crippen molar-refractivity contribution < 1.29 is 19.0 Å². The fourth-order valence-corrected chi connectivity index (χ4v) is 3.03. The fourth-order valence-electron chi connectivity index (χ4n) is 3.03. The van der Waals surface area contributed by atoms with Gasteiger partial charge in [-0.15, -0.1) is 0 Å². The molecule has 0 saturated heterocycles.